The first-order valence-electron chi connectivity index (χ1n) is 7.50. The molecule has 7 heteroatoms. The SMILES string of the molecule is CCOC(=O)[C@@H]1[C@@H](n2ccc3cnc(Cl)nc32)[C@H]2CC[C@@H]1O2. The first-order chi connectivity index (χ1) is 10.7. The number of carbonyl (C=O) groups excluding carboxylic acids is 1. The molecule has 0 aromatic carbocycles. The molecule has 116 valence electrons. The number of hydrogen-bond acceptors (Lipinski definition) is 5. The number of ether oxygens (including phenoxy) is 2. The lowest BCUT2D eigenvalue weighted by molar-refractivity contribution is -0.150. The van der Waals surface area contributed by atoms with Gasteiger partial charge in [0.2, 0.25) is 5.28 Å². The number of rotatable bonds is 3. The Morgan fingerprint density at radius 2 is 2.32 bits per heavy atom. The molecule has 2 aromatic rings. The molecule has 22 heavy (non-hydrogen) atoms. The third-order valence-corrected chi connectivity index (χ3v) is 4.72. The summed E-state index contributed by atoms with van der Waals surface area (Å²) in [6.45, 7) is 2.19. The molecule has 4 heterocycles. The highest BCUT2D eigenvalue weighted by Crippen LogP contribution is 2.47. The molecule has 6 nitrogen and oxygen atoms in total. The molecule has 0 saturated carbocycles. The second kappa shape index (κ2) is 5.21. The molecule has 0 amide bonds. The van der Waals surface area contributed by atoms with Crippen LogP contribution in [0.5, 0.6) is 0 Å². The van der Waals surface area contributed by atoms with Crippen LogP contribution in [0.2, 0.25) is 5.28 Å². The molecule has 4 rings (SSSR count). The van der Waals surface area contributed by atoms with Gasteiger partial charge in [-0.2, -0.15) is 4.98 Å². The van der Waals surface area contributed by atoms with Crippen molar-refractivity contribution in [2.75, 3.05) is 6.61 Å². The highest BCUT2D eigenvalue weighted by Gasteiger charge is 2.54. The fourth-order valence-corrected chi connectivity index (χ4v) is 3.82. The van der Waals surface area contributed by atoms with Crippen molar-refractivity contribution < 1.29 is 14.3 Å². The van der Waals surface area contributed by atoms with Crippen LogP contribution in [-0.2, 0) is 14.3 Å². The van der Waals surface area contributed by atoms with E-state index in [0.717, 1.165) is 23.9 Å². The Morgan fingerprint density at radius 3 is 3.14 bits per heavy atom. The van der Waals surface area contributed by atoms with Crippen LogP contribution in [0.1, 0.15) is 25.8 Å². The van der Waals surface area contributed by atoms with Crippen LogP contribution < -0.4 is 0 Å². The highest BCUT2D eigenvalue weighted by molar-refractivity contribution is 6.28. The maximum atomic E-state index is 12.4. The summed E-state index contributed by atoms with van der Waals surface area (Å²) in [4.78, 5) is 20.7. The van der Waals surface area contributed by atoms with Crippen molar-refractivity contribution in [2.24, 2.45) is 5.92 Å². The normalized spacial score (nSPS) is 30.1. The third kappa shape index (κ3) is 2.01. The van der Waals surface area contributed by atoms with E-state index < -0.39 is 0 Å². The van der Waals surface area contributed by atoms with E-state index in [-0.39, 0.29) is 35.4 Å². The summed E-state index contributed by atoms with van der Waals surface area (Å²) in [5, 5.41) is 1.10. The van der Waals surface area contributed by atoms with Crippen LogP contribution in [0.15, 0.2) is 18.5 Å². The average Bonchev–Trinajstić information content (AvgIpc) is 3.19. The molecular formula is C15H16ClN3O3. The van der Waals surface area contributed by atoms with Gasteiger partial charge in [0.25, 0.3) is 0 Å². The minimum Gasteiger partial charge on any atom is -0.466 e. The van der Waals surface area contributed by atoms with E-state index in [1.807, 2.05) is 23.8 Å². The Labute approximate surface area is 132 Å². The van der Waals surface area contributed by atoms with Gasteiger partial charge < -0.3 is 14.0 Å². The largest absolute Gasteiger partial charge is 0.466 e. The van der Waals surface area contributed by atoms with Gasteiger partial charge in [0, 0.05) is 17.8 Å². The average molecular weight is 322 g/mol. The van der Waals surface area contributed by atoms with Gasteiger partial charge >= 0.3 is 5.97 Å². The Hall–Kier alpha value is -1.66. The van der Waals surface area contributed by atoms with Crippen molar-refractivity contribution in [1.82, 2.24) is 14.5 Å². The Bertz CT molecular complexity index is 732. The van der Waals surface area contributed by atoms with Crippen molar-refractivity contribution in [3.05, 3.63) is 23.7 Å². The third-order valence-electron chi connectivity index (χ3n) is 4.54. The molecule has 2 aliphatic rings. The van der Waals surface area contributed by atoms with Gasteiger partial charge in [-0.05, 0) is 37.4 Å². The summed E-state index contributed by atoms with van der Waals surface area (Å²) in [6, 6.07) is 1.83. The molecule has 0 spiro atoms. The molecule has 2 aromatic heterocycles. The summed E-state index contributed by atoms with van der Waals surface area (Å²) in [5.74, 6) is -0.482. The number of esters is 1. The zero-order valence-electron chi connectivity index (χ0n) is 12.1. The van der Waals surface area contributed by atoms with Gasteiger partial charge in [0.15, 0.2) is 0 Å². The van der Waals surface area contributed by atoms with E-state index in [4.69, 9.17) is 21.1 Å². The maximum Gasteiger partial charge on any atom is 0.313 e. The molecule has 2 saturated heterocycles. The standard InChI is InChI=1S/C15H16ClN3O3/c1-2-21-14(20)11-9-3-4-10(22-9)12(11)19-6-5-8-7-17-15(16)18-13(8)19/h5-7,9-12H,2-4H2,1H3/t9-,10+,11-,12-/m0/s1. The Balaban J connectivity index is 1.78. The molecule has 0 radical (unpaired) electrons. The molecular weight excluding hydrogens is 306 g/mol. The summed E-state index contributed by atoms with van der Waals surface area (Å²) < 4.78 is 13.2. The second-order valence-corrected chi connectivity index (χ2v) is 6.04. The van der Waals surface area contributed by atoms with Crippen LogP contribution in [0, 0.1) is 5.92 Å². The van der Waals surface area contributed by atoms with Gasteiger partial charge in [-0.1, -0.05) is 0 Å². The van der Waals surface area contributed by atoms with Gasteiger partial charge in [-0.15, -0.1) is 0 Å². The van der Waals surface area contributed by atoms with Crippen molar-refractivity contribution in [2.45, 2.75) is 38.0 Å². The van der Waals surface area contributed by atoms with E-state index >= 15 is 0 Å². The van der Waals surface area contributed by atoms with Crippen molar-refractivity contribution in [3.8, 4) is 0 Å². The molecule has 2 bridgehead atoms. The zero-order chi connectivity index (χ0) is 15.3. The van der Waals surface area contributed by atoms with Gasteiger partial charge in [0.1, 0.15) is 11.6 Å². The number of halogens is 1. The summed E-state index contributed by atoms with van der Waals surface area (Å²) >= 11 is 5.92. The van der Waals surface area contributed by atoms with E-state index in [0.29, 0.717) is 6.61 Å². The Morgan fingerprint density at radius 1 is 1.50 bits per heavy atom. The van der Waals surface area contributed by atoms with Gasteiger partial charge in [0.05, 0.1) is 24.9 Å². The molecule has 2 fully saturated rings. The van der Waals surface area contributed by atoms with Crippen LogP contribution in [0.3, 0.4) is 0 Å². The first kappa shape index (κ1) is 14.0. The predicted molar refractivity (Wildman–Crippen MR) is 79.6 cm³/mol. The number of fused-ring (bicyclic) bond motifs is 3. The van der Waals surface area contributed by atoms with Crippen LogP contribution in [0.4, 0.5) is 0 Å². The smallest absolute Gasteiger partial charge is 0.313 e. The Kier molecular flexibility index (Phi) is 3.31. The molecule has 0 N–H and O–H groups in total. The van der Waals surface area contributed by atoms with Crippen LogP contribution in [0.25, 0.3) is 11.0 Å². The topological polar surface area (TPSA) is 66.2 Å². The molecule has 0 unspecified atom stereocenters. The molecule has 2 aliphatic heterocycles. The van der Waals surface area contributed by atoms with Crippen LogP contribution >= 0.6 is 11.6 Å². The lowest BCUT2D eigenvalue weighted by Crippen LogP contribution is -2.36. The second-order valence-electron chi connectivity index (χ2n) is 5.70. The molecule has 4 atom stereocenters. The van der Waals surface area contributed by atoms with Crippen molar-refractivity contribution >= 4 is 28.6 Å². The van der Waals surface area contributed by atoms with Gasteiger partial charge in [-0.25, -0.2) is 4.98 Å². The fraction of sp³-hybridized carbons (Fsp3) is 0.533. The van der Waals surface area contributed by atoms with E-state index in [1.54, 1.807) is 6.20 Å². The van der Waals surface area contributed by atoms with Crippen molar-refractivity contribution in [3.63, 3.8) is 0 Å². The summed E-state index contributed by atoms with van der Waals surface area (Å²) in [6.07, 6.45) is 5.42. The molecule has 0 aliphatic carbocycles. The van der Waals surface area contributed by atoms with E-state index in [1.165, 1.54) is 0 Å². The predicted octanol–water partition coefficient (Wildman–Crippen LogP) is 2.37. The van der Waals surface area contributed by atoms with Gasteiger partial charge in [-0.3, -0.25) is 4.79 Å². The first-order valence-corrected chi connectivity index (χ1v) is 7.88. The maximum absolute atomic E-state index is 12.4. The summed E-state index contributed by atoms with van der Waals surface area (Å²) in [7, 11) is 0. The fourth-order valence-electron chi connectivity index (χ4n) is 3.70. The quantitative estimate of drug-likeness (QED) is 0.641. The summed E-state index contributed by atoms with van der Waals surface area (Å²) in [5.41, 5.74) is 0.732. The van der Waals surface area contributed by atoms with Crippen LogP contribution in [-0.4, -0.2) is 39.3 Å². The van der Waals surface area contributed by atoms with E-state index in [9.17, 15) is 4.79 Å². The van der Waals surface area contributed by atoms with E-state index in [2.05, 4.69) is 9.97 Å². The zero-order valence-corrected chi connectivity index (χ0v) is 12.9. The minimum atomic E-state index is -0.289. The number of aromatic nitrogens is 3. The highest BCUT2D eigenvalue weighted by atomic mass is 35.5. The minimum absolute atomic E-state index is 0.0174. The lowest BCUT2D eigenvalue weighted by atomic mass is 9.84. The number of hydrogen-bond donors (Lipinski definition) is 0. The lowest BCUT2D eigenvalue weighted by Gasteiger charge is -2.28. The monoisotopic (exact) mass is 321 g/mol. The number of carbonyl (C=O) groups is 1. The number of nitrogens with zero attached hydrogens (tertiary/aromatic N) is 3. The van der Waals surface area contributed by atoms with Crippen molar-refractivity contribution in [1.29, 1.82) is 0 Å².